The van der Waals surface area contributed by atoms with Crippen molar-refractivity contribution >= 4 is 17.8 Å². The molecule has 0 unspecified atom stereocenters. The molecule has 0 spiro atoms. The van der Waals surface area contributed by atoms with Crippen molar-refractivity contribution in [3.05, 3.63) is 12.7 Å². The molecule has 0 radical (unpaired) electrons. The van der Waals surface area contributed by atoms with Gasteiger partial charge in [-0.15, -0.1) is 0 Å². The van der Waals surface area contributed by atoms with Gasteiger partial charge in [0.2, 0.25) is 5.91 Å². The molecule has 1 aliphatic rings. The molecule has 0 aromatic rings. The first-order valence-electron chi connectivity index (χ1n) is 3.69. The fourth-order valence-corrected chi connectivity index (χ4v) is 1.00. The molecule has 0 bridgehead atoms. The normalized spacial score (nSPS) is 21.9. The SMILES string of the molecule is C=CC(=O)O[C@H]1CC(=O)N(C)C1=O. The Balaban J connectivity index is 2.64. The number of esters is 1. The van der Waals surface area contributed by atoms with Gasteiger partial charge in [-0.25, -0.2) is 4.79 Å². The predicted octanol–water partition coefficient (Wildman–Crippen LogP) is -0.527. The van der Waals surface area contributed by atoms with Crippen molar-refractivity contribution < 1.29 is 19.1 Å². The number of likely N-dealkylation sites (N-methyl/N-ethyl adjacent to an activating group) is 1. The molecule has 0 aromatic heterocycles. The van der Waals surface area contributed by atoms with Crippen molar-refractivity contribution in [2.45, 2.75) is 12.5 Å². The summed E-state index contributed by atoms with van der Waals surface area (Å²) in [7, 11) is 1.35. The Morgan fingerprint density at radius 1 is 1.69 bits per heavy atom. The van der Waals surface area contributed by atoms with E-state index in [-0.39, 0.29) is 12.3 Å². The molecule has 0 aromatic carbocycles. The van der Waals surface area contributed by atoms with Gasteiger partial charge in [0.1, 0.15) is 0 Å². The van der Waals surface area contributed by atoms with Gasteiger partial charge in [0.05, 0.1) is 6.42 Å². The van der Waals surface area contributed by atoms with Gasteiger partial charge < -0.3 is 4.74 Å². The average Bonchev–Trinajstić information content (AvgIpc) is 2.34. The average molecular weight is 183 g/mol. The van der Waals surface area contributed by atoms with E-state index in [1.165, 1.54) is 7.05 Å². The van der Waals surface area contributed by atoms with Crippen LogP contribution in [0.2, 0.25) is 0 Å². The van der Waals surface area contributed by atoms with E-state index in [9.17, 15) is 14.4 Å². The summed E-state index contributed by atoms with van der Waals surface area (Å²) in [4.78, 5) is 33.8. The minimum absolute atomic E-state index is 0.0745. The minimum atomic E-state index is -0.969. The highest BCUT2D eigenvalue weighted by Gasteiger charge is 2.38. The summed E-state index contributed by atoms with van der Waals surface area (Å²) in [6.07, 6.45) is -0.0895. The van der Waals surface area contributed by atoms with Gasteiger partial charge >= 0.3 is 5.97 Å². The quantitative estimate of drug-likeness (QED) is 0.328. The molecule has 1 heterocycles. The second-order valence-electron chi connectivity index (χ2n) is 2.62. The number of amides is 2. The largest absolute Gasteiger partial charge is 0.449 e. The molecule has 1 atom stereocenters. The van der Waals surface area contributed by atoms with E-state index >= 15 is 0 Å². The molecule has 2 amide bonds. The van der Waals surface area contributed by atoms with Gasteiger partial charge in [0, 0.05) is 13.1 Å². The smallest absolute Gasteiger partial charge is 0.330 e. The van der Waals surface area contributed by atoms with Crippen LogP contribution in [-0.2, 0) is 19.1 Å². The lowest BCUT2D eigenvalue weighted by atomic mass is 10.3. The number of rotatable bonds is 2. The fraction of sp³-hybridized carbons (Fsp3) is 0.375. The van der Waals surface area contributed by atoms with Crippen molar-refractivity contribution in [3.8, 4) is 0 Å². The maximum absolute atomic E-state index is 11.2. The first kappa shape index (κ1) is 9.44. The Labute approximate surface area is 75.0 Å². The Bertz CT molecular complexity index is 284. The molecule has 13 heavy (non-hydrogen) atoms. The lowest BCUT2D eigenvalue weighted by Gasteiger charge is -2.08. The van der Waals surface area contributed by atoms with Crippen LogP contribution in [-0.4, -0.2) is 35.8 Å². The van der Waals surface area contributed by atoms with Crippen LogP contribution >= 0.6 is 0 Å². The van der Waals surface area contributed by atoms with Gasteiger partial charge in [-0.1, -0.05) is 6.58 Å². The molecule has 5 nitrogen and oxygen atoms in total. The molecule has 70 valence electrons. The van der Waals surface area contributed by atoms with Crippen LogP contribution in [0.5, 0.6) is 0 Å². The lowest BCUT2D eigenvalue weighted by Crippen LogP contribution is -2.30. The van der Waals surface area contributed by atoms with Gasteiger partial charge in [0.25, 0.3) is 5.91 Å². The number of hydrogen-bond acceptors (Lipinski definition) is 4. The summed E-state index contributed by atoms with van der Waals surface area (Å²) < 4.78 is 4.64. The maximum atomic E-state index is 11.2. The molecule has 1 rings (SSSR count). The third kappa shape index (κ3) is 1.74. The van der Waals surface area contributed by atoms with Gasteiger partial charge in [-0.3, -0.25) is 14.5 Å². The standard InChI is InChI=1S/C8H9NO4/c1-3-7(11)13-5-4-6(10)9(2)8(5)12/h3,5H,1,4H2,2H3/t5-/m0/s1. The molecular weight excluding hydrogens is 174 g/mol. The highest BCUT2D eigenvalue weighted by molar-refractivity contribution is 6.05. The third-order valence-corrected chi connectivity index (χ3v) is 1.77. The number of nitrogens with zero attached hydrogens (tertiary/aromatic N) is 1. The van der Waals surface area contributed by atoms with Crippen LogP contribution in [0.4, 0.5) is 0 Å². The van der Waals surface area contributed by atoms with Crippen LogP contribution < -0.4 is 0 Å². The zero-order valence-corrected chi connectivity index (χ0v) is 7.15. The first-order valence-corrected chi connectivity index (χ1v) is 3.69. The van der Waals surface area contributed by atoms with Crippen molar-refractivity contribution in [3.63, 3.8) is 0 Å². The number of ether oxygens (including phenoxy) is 1. The van der Waals surface area contributed by atoms with Crippen molar-refractivity contribution in [1.29, 1.82) is 0 Å². The summed E-state index contributed by atoms with van der Waals surface area (Å²) in [5.41, 5.74) is 0. The molecular formula is C8H9NO4. The van der Waals surface area contributed by atoms with E-state index in [1.54, 1.807) is 0 Å². The van der Waals surface area contributed by atoms with E-state index in [2.05, 4.69) is 11.3 Å². The molecule has 0 aliphatic carbocycles. The van der Waals surface area contributed by atoms with E-state index in [0.29, 0.717) is 0 Å². The number of carbonyl (C=O) groups excluding carboxylic acids is 3. The molecule has 5 heteroatoms. The first-order chi connectivity index (χ1) is 6.06. The molecule has 1 fully saturated rings. The van der Waals surface area contributed by atoms with Crippen molar-refractivity contribution in [2.75, 3.05) is 7.05 Å². The molecule has 0 saturated carbocycles. The van der Waals surface area contributed by atoms with Crippen LogP contribution in [0, 0.1) is 0 Å². The zero-order valence-electron chi connectivity index (χ0n) is 7.15. The van der Waals surface area contributed by atoms with Gasteiger partial charge in [0.15, 0.2) is 6.10 Å². The predicted molar refractivity (Wildman–Crippen MR) is 42.5 cm³/mol. The number of hydrogen-bond donors (Lipinski definition) is 0. The topological polar surface area (TPSA) is 63.7 Å². The highest BCUT2D eigenvalue weighted by atomic mass is 16.5. The zero-order chi connectivity index (χ0) is 10.0. The van der Waals surface area contributed by atoms with Crippen molar-refractivity contribution in [2.24, 2.45) is 0 Å². The van der Waals surface area contributed by atoms with Crippen molar-refractivity contribution in [1.82, 2.24) is 4.90 Å². The molecule has 1 saturated heterocycles. The van der Waals surface area contributed by atoms with Crippen LogP contribution in [0.1, 0.15) is 6.42 Å². The summed E-state index contributed by atoms with van der Waals surface area (Å²) in [5.74, 6) is -1.52. The third-order valence-electron chi connectivity index (χ3n) is 1.77. The lowest BCUT2D eigenvalue weighted by molar-refractivity contribution is -0.151. The monoisotopic (exact) mass is 183 g/mol. The Morgan fingerprint density at radius 2 is 2.31 bits per heavy atom. The van der Waals surface area contributed by atoms with Gasteiger partial charge in [-0.05, 0) is 0 Å². The summed E-state index contributed by atoms with van der Waals surface area (Å²) in [6, 6.07) is 0. The fourth-order valence-electron chi connectivity index (χ4n) is 1.00. The molecule has 1 aliphatic heterocycles. The van der Waals surface area contributed by atoms with Gasteiger partial charge in [-0.2, -0.15) is 0 Å². The van der Waals surface area contributed by atoms with E-state index < -0.39 is 18.0 Å². The van der Waals surface area contributed by atoms with E-state index in [4.69, 9.17) is 0 Å². The molecule has 0 N–H and O–H groups in total. The Hall–Kier alpha value is -1.65. The number of imide groups is 1. The maximum Gasteiger partial charge on any atom is 0.330 e. The summed E-state index contributed by atoms with van der Waals surface area (Å²) >= 11 is 0. The summed E-state index contributed by atoms with van der Waals surface area (Å²) in [5, 5.41) is 0. The second kappa shape index (κ2) is 3.38. The summed E-state index contributed by atoms with van der Waals surface area (Å²) in [6.45, 7) is 3.18. The highest BCUT2D eigenvalue weighted by Crippen LogP contribution is 2.14. The van der Waals surface area contributed by atoms with Crippen LogP contribution in [0.3, 0.4) is 0 Å². The minimum Gasteiger partial charge on any atom is -0.449 e. The Kier molecular flexibility index (Phi) is 2.46. The number of carbonyl (C=O) groups is 3. The number of likely N-dealkylation sites (tertiary alicyclic amines) is 1. The Morgan fingerprint density at radius 3 is 2.69 bits per heavy atom. The van der Waals surface area contributed by atoms with Crippen LogP contribution in [0.25, 0.3) is 0 Å². The van der Waals surface area contributed by atoms with E-state index in [1.807, 2.05) is 0 Å². The van der Waals surface area contributed by atoms with Crippen LogP contribution in [0.15, 0.2) is 12.7 Å². The van der Waals surface area contributed by atoms with E-state index in [0.717, 1.165) is 11.0 Å². The second-order valence-corrected chi connectivity index (χ2v) is 2.62.